The van der Waals surface area contributed by atoms with Gasteiger partial charge in [0.2, 0.25) is 0 Å². The molecule has 2 aromatic rings. The molecule has 0 spiro atoms. The van der Waals surface area contributed by atoms with E-state index >= 15 is 0 Å². The van der Waals surface area contributed by atoms with Crippen LogP contribution in [-0.4, -0.2) is 16.8 Å². The minimum absolute atomic E-state index is 0.0388. The third kappa shape index (κ3) is 3.32. The number of rotatable bonds is 3. The Bertz CT molecular complexity index is 841. The number of hydrogen-bond donors (Lipinski definition) is 0. The van der Waals surface area contributed by atoms with Crippen LogP contribution >= 0.6 is 21.4 Å². The highest BCUT2D eigenvalue weighted by atomic mass is 35.7. The molecule has 8 heteroatoms. The van der Waals surface area contributed by atoms with Crippen molar-refractivity contribution in [3.05, 3.63) is 48.5 Å². The van der Waals surface area contributed by atoms with Gasteiger partial charge in [0.05, 0.1) is 9.79 Å². The van der Waals surface area contributed by atoms with E-state index in [2.05, 4.69) is 0 Å². The van der Waals surface area contributed by atoms with E-state index in [9.17, 15) is 16.8 Å². The topological polar surface area (TPSA) is 68.3 Å². The Labute approximate surface area is 125 Å². The molecule has 20 heavy (non-hydrogen) atoms. The van der Waals surface area contributed by atoms with E-state index in [1.165, 1.54) is 30.3 Å². The van der Waals surface area contributed by atoms with Crippen LogP contribution in [-0.2, 0) is 18.1 Å². The van der Waals surface area contributed by atoms with Gasteiger partial charge in [0.25, 0.3) is 18.1 Å². The lowest BCUT2D eigenvalue weighted by Crippen LogP contribution is -1.95. The lowest BCUT2D eigenvalue weighted by Gasteiger charge is -2.07. The van der Waals surface area contributed by atoms with Gasteiger partial charge in [-0.2, -0.15) is 0 Å². The summed E-state index contributed by atoms with van der Waals surface area (Å²) in [6.45, 7) is 0. The van der Waals surface area contributed by atoms with Crippen molar-refractivity contribution < 1.29 is 16.8 Å². The molecule has 0 fully saturated rings. The molecule has 0 aliphatic rings. The van der Waals surface area contributed by atoms with Crippen LogP contribution in [0.2, 0.25) is 0 Å². The zero-order valence-electron chi connectivity index (χ0n) is 9.82. The van der Waals surface area contributed by atoms with Gasteiger partial charge in [-0.05, 0) is 23.8 Å². The summed E-state index contributed by atoms with van der Waals surface area (Å²) in [6, 6.07) is 11.7. The predicted molar refractivity (Wildman–Crippen MR) is 78.0 cm³/mol. The fraction of sp³-hybridized carbons (Fsp3) is 0. The fourth-order valence-electron chi connectivity index (χ4n) is 1.71. The highest BCUT2D eigenvalue weighted by Crippen LogP contribution is 2.30. The molecule has 2 aromatic carbocycles. The molecule has 0 N–H and O–H groups in total. The minimum Gasteiger partial charge on any atom is -0.207 e. The van der Waals surface area contributed by atoms with E-state index < -0.39 is 18.1 Å². The van der Waals surface area contributed by atoms with Crippen LogP contribution in [0.25, 0.3) is 11.1 Å². The maximum Gasteiger partial charge on any atom is 0.261 e. The van der Waals surface area contributed by atoms with Gasteiger partial charge in [0.1, 0.15) is 0 Å². The first kappa shape index (κ1) is 15.3. The molecule has 0 saturated heterocycles. The van der Waals surface area contributed by atoms with Crippen molar-refractivity contribution in [3.63, 3.8) is 0 Å². The molecule has 0 bridgehead atoms. The van der Waals surface area contributed by atoms with Gasteiger partial charge in [0.15, 0.2) is 0 Å². The van der Waals surface area contributed by atoms with Crippen LogP contribution < -0.4 is 0 Å². The van der Waals surface area contributed by atoms with E-state index in [0.717, 1.165) is 0 Å². The van der Waals surface area contributed by atoms with Crippen LogP contribution in [0.5, 0.6) is 0 Å². The molecule has 0 aromatic heterocycles. The van der Waals surface area contributed by atoms with Crippen LogP contribution in [0.3, 0.4) is 0 Å². The summed E-state index contributed by atoms with van der Waals surface area (Å²) in [5, 5.41) is 0. The number of benzene rings is 2. The molecule has 0 saturated carbocycles. The molecular weight excluding hydrogens is 343 g/mol. The lowest BCUT2D eigenvalue weighted by atomic mass is 10.1. The zero-order valence-corrected chi connectivity index (χ0v) is 13.0. The standard InChI is InChI=1S/C12H8Cl2O4S2/c13-19(15,16)10-7-5-9(6-8-10)11-3-1-2-4-12(11)20(14,17)18/h1-8H. The molecule has 0 amide bonds. The normalized spacial score (nSPS) is 12.3. The van der Waals surface area contributed by atoms with Gasteiger partial charge in [-0.15, -0.1) is 0 Å². The SMILES string of the molecule is O=S(=O)(Cl)c1ccc(-c2ccccc2S(=O)(=O)Cl)cc1. The summed E-state index contributed by atoms with van der Waals surface area (Å²) in [5.41, 5.74) is 0.912. The van der Waals surface area contributed by atoms with Crippen molar-refractivity contribution in [3.8, 4) is 11.1 Å². The monoisotopic (exact) mass is 350 g/mol. The van der Waals surface area contributed by atoms with Gasteiger partial charge in [0, 0.05) is 26.9 Å². The zero-order chi connectivity index (χ0) is 15.0. The van der Waals surface area contributed by atoms with E-state index in [1.54, 1.807) is 18.2 Å². The van der Waals surface area contributed by atoms with E-state index in [-0.39, 0.29) is 9.79 Å². The molecule has 106 valence electrons. The van der Waals surface area contributed by atoms with E-state index in [4.69, 9.17) is 21.4 Å². The Morgan fingerprint density at radius 2 is 1.25 bits per heavy atom. The van der Waals surface area contributed by atoms with Crippen molar-refractivity contribution in [1.82, 2.24) is 0 Å². The second-order valence-corrected chi connectivity index (χ2v) is 9.00. The molecule has 4 nitrogen and oxygen atoms in total. The second kappa shape index (κ2) is 5.37. The minimum atomic E-state index is -3.89. The Kier molecular flexibility index (Phi) is 4.11. The van der Waals surface area contributed by atoms with E-state index in [0.29, 0.717) is 11.1 Å². The van der Waals surface area contributed by atoms with Gasteiger partial charge >= 0.3 is 0 Å². The first-order valence-electron chi connectivity index (χ1n) is 5.28. The quantitative estimate of drug-likeness (QED) is 0.797. The molecular formula is C12H8Cl2O4S2. The maximum absolute atomic E-state index is 11.5. The van der Waals surface area contributed by atoms with Gasteiger partial charge < -0.3 is 0 Å². The largest absolute Gasteiger partial charge is 0.261 e. The van der Waals surface area contributed by atoms with Gasteiger partial charge in [-0.3, -0.25) is 0 Å². The average Bonchev–Trinajstić information content (AvgIpc) is 2.37. The Balaban J connectivity index is 2.59. The third-order valence-corrected chi connectivity index (χ3v) is 5.35. The van der Waals surface area contributed by atoms with Crippen LogP contribution in [0.1, 0.15) is 0 Å². The summed E-state index contributed by atoms with van der Waals surface area (Å²) in [5.74, 6) is 0. The summed E-state index contributed by atoms with van der Waals surface area (Å²) in [4.78, 5) is -0.0997. The summed E-state index contributed by atoms with van der Waals surface area (Å²) in [7, 11) is 2.88. The van der Waals surface area contributed by atoms with E-state index in [1.807, 2.05) is 0 Å². The van der Waals surface area contributed by atoms with Crippen molar-refractivity contribution in [2.75, 3.05) is 0 Å². The highest BCUT2D eigenvalue weighted by Gasteiger charge is 2.17. The summed E-state index contributed by atoms with van der Waals surface area (Å²) >= 11 is 0. The predicted octanol–water partition coefficient (Wildman–Crippen LogP) is 3.21. The first-order valence-corrected chi connectivity index (χ1v) is 9.90. The lowest BCUT2D eigenvalue weighted by molar-refractivity contribution is 0.608. The second-order valence-electron chi connectivity index (χ2n) is 3.90. The molecule has 0 radical (unpaired) electrons. The van der Waals surface area contributed by atoms with Gasteiger partial charge in [-0.1, -0.05) is 30.3 Å². The maximum atomic E-state index is 11.5. The van der Waals surface area contributed by atoms with Crippen molar-refractivity contribution in [2.24, 2.45) is 0 Å². The first-order chi connectivity index (χ1) is 9.19. The summed E-state index contributed by atoms with van der Waals surface area (Å²) in [6.07, 6.45) is 0. The summed E-state index contributed by atoms with van der Waals surface area (Å²) < 4.78 is 45.3. The fourth-order valence-corrected chi connectivity index (χ4v) is 3.58. The number of hydrogen-bond acceptors (Lipinski definition) is 4. The van der Waals surface area contributed by atoms with Crippen LogP contribution in [0.4, 0.5) is 0 Å². The molecule has 0 aliphatic carbocycles. The van der Waals surface area contributed by atoms with Gasteiger partial charge in [-0.25, -0.2) is 16.8 Å². The molecule has 0 unspecified atom stereocenters. The van der Waals surface area contributed by atoms with Crippen molar-refractivity contribution >= 4 is 39.5 Å². The van der Waals surface area contributed by atoms with Crippen molar-refractivity contribution in [2.45, 2.75) is 9.79 Å². The Hall–Kier alpha value is -1.08. The molecule has 0 atom stereocenters. The average molecular weight is 351 g/mol. The molecule has 0 aliphatic heterocycles. The van der Waals surface area contributed by atoms with Crippen LogP contribution in [0, 0.1) is 0 Å². The Morgan fingerprint density at radius 3 is 1.75 bits per heavy atom. The highest BCUT2D eigenvalue weighted by molar-refractivity contribution is 8.14. The smallest absolute Gasteiger partial charge is 0.207 e. The Morgan fingerprint density at radius 1 is 0.700 bits per heavy atom. The van der Waals surface area contributed by atoms with Crippen LogP contribution in [0.15, 0.2) is 58.3 Å². The van der Waals surface area contributed by atoms with Crippen molar-refractivity contribution in [1.29, 1.82) is 0 Å². The molecule has 0 heterocycles. The molecule has 2 rings (SSSR count). The number of halogens is 2. The third-order valence-electron chi connectivity index (χ3n) is 2.60.